The van der Waals surface area contributed by atoms with Gasteiger partial charge < -0.3 is 14.5 Å². The molecule has 9 nitrogen and oxygen atoms in total. The summed E-state index contributed by atoms with van der Waals surface area (Å²) in [5, 5.41) is 7.84. The van der Waals surface area contributed by atoms with Crippen LogP contribution in [0.1, 0.15) is 27.6 Å². The molecule has 0 saturated heterocycles. The van der Waals surface area contributed by atoms with Gasteiger partial charge in [0.25, 0.3) is 5.91 Å². The molecule has 0 unspecified atom stereocenters. The number of nitrogens with zero attached hydrogens (tertiary/aromatic N) is 4. The van der Waals surface area contributed by atoms with E-state index in [9.17, 15) is 9.59 Å². The number of hydrogen-bond donors (Lipinski definition) is 1. The minimum atomic E-state index is -0.696. The van der Waals surface area contributed by atoms with Gasteiger partial charge in [0, 0.05) is 22.8 Å². The maximum Gasteiger partial charge on any atom is 0.349 e. The average molecular weight is 467 g/mol. The zero-order valence-electron chi connectivity index (χ0n) is 19.3. The lowest BCUT2D eigenvalue weighted by Gasteiger charge is -2.10. The monoisotopic (exact) mass is 467 g/mol. The van der Waals surface area contributed by atoms with Gasteiger partial charge in [-0.15, -0.1) is 0 Å². The average Bonchev–Trinajstić information content (AvgIpc) is 3.17. The SMILES string of the molecule is Cc1cc(C)n(-c2cc(Oc3ccc(NC(=O)c4cc5ccccc5oc4=O)cc3)nc(C)n2)n1. The second-order valence-electron chi connectivity index (χ2n) is 8.02. The summed E-state index contributed by atoms with van der Waals surface area (Å²) < 4.78 is 12.9. The van der Waals surface area contributed by atoms with E-state index in [2.05, 4.69) is 20.4 Å². The van der Waals surface area contributed by atoms with Crippen LogP contribution in [0.15, 0.2) is 75.9 Å². The molecule has 0 radical (unpaired) electrons. The van der Waals surface area contributed by atoms with E-state index in [0.717, 1.165) is 11.4 Å². The summed E-state index contributed by atoms with van der Waals surface area (Å²) in [5.41, 5.74) is 2.00. The molecule has 0 spiro atoms. The predicted molar refractivity (Wildman–Crippen MR) is 130 cm³/mol. The predicted octanol–water partition coefficient (Wildman–Crippen LogP) is 4.74. The quantitative estimate of drug-likeness (QED) is 0.372. The number of amides is 1. The normalized spacial score (nSPS) is 10.9. The Morgan fingerprint density at radius 3 is 2.49 bits per heavy atom. The Morgan fingerprint density at radius 1 is 0.971 bits per heavy atom. The number of aryl methyl sites for hydroxylation is 3. The molecule has 5 rings (SSSR count). The van der Waals surface area contributed by atoms with E-state index in [0.29, 0.717) is 39.9 Å². The smallest absolute Gasteiger partial charge is 0.349 e. The number of aromatic nitrogens is 4. The third-order valence-corrected chi connectivity index (χ3v) is 5.25. The van der Waals surface area contributed by atoms with Gasteiger partial charge in [0.2, 0.25) is 5.88 Å². The summed E-state index contributed by atoms with van der Waals surface area (Å²) >= 11 is 0. The fraction of sp³-hybridized carbons (Fsp3) is 0.115. The van der Waals surface area contributed by atoms with Gasteiger partial charge in [-0.1, -0.05) is 18.2 Å². The molecule has 174 valence electrons. The maximum absolute atomic E-state index is 12.7. The van der Waals surface area contributed by atoms with Gasteiger partial charge in [-0.25, -0.2) is 14.5 Å². The van der Waals surface area contributed by atoms with E-state index in [1.165, 1.54) is 6.07 Å². The van der Waals surface area contributed by atoms with Crippen LogP contribution in [0, 0.1) is 20.8 Å². The van der Waals surface area contributed by atoms with Crippen LogP contribution in [0.2, 0.25) is 0 Å². The molecule has 0 bridgehead atoms. The summed E-state index contributed by atoms with van der Waals surface area (Å²) in [4.78, 5) is 33.7. The number of hydrogen-bond acceptors (Lipinski definition) is 7. The fourth-order valence-electron chi connectivity index (χ4n) is 3.69. The van der Waals surface area contributed by atoms with Crippen molar-refractivity contribution in [3.05, 3.63) is 99.9 Å². The summed E-state index contributed by atoms with van der Waals surface area (Å²) in [7, 11) is 0. The lowest BCUT2D eigenvalue weighted by Crippen LogP contribution is -2.20. The summed E-state index contributed by atoms with van der Waals surface area (Å²) in [6.45, 7) is 5.65. The van der Waals surface area contributed by atoms with Crippen molar-refractivity contribution in [2.75, 3.05) is 5.32 Å². The third-order valence-electron chi connectivity index (χ3n) is 5.25. The number of nitrogens with one attached hydrogen (secondary N) is 1. The lowest BCUT2D eigenvalue weighted by molar-refractivity contribution is 0.102. The van der Waals surface area contributed by atoms with Crippen molar-refractivity contribution in [2.45, 2.75) is 20.8 Å². The Hall–Kier alpha value is -4.79. The molecular formula is C26H21N5O4. The zero-order chi connectivity index (χ0) is 24.5. The van der Waals surface area contributed by atoms with Crippen molar-refractivity contribution in [1.29, 1.82) is 0 Å². The van der Waals surface area contributed by atoms with Gasteiger partial charge in [-0.3, -0.25) is 4.79 Å². The number of rotatable bonds is 5. The molecule has 9 heteroatoms. The first kappa shape index (κ1) is 22.0. The summed E-state index contributed by atoms with van der Waals surface area (Å²) in [5.74, 6) is 1.48. The molecule has 1 N–H and O–H groups in total. The van der Waals surface area contributed by atoms with Crippen LogP contribution in [0.25, 0.3) is 16.8 Å². The van der Waals surface area contributed by atoms with Crippen LogP contribution in [-0.2, 0) is 0 Å². The Bertz CT molecular complexity index is 1620. The molecule has 5 aromatic rings. The Morgan fingerprint density at radius 2 is 1.74 bits per heavy atom. The molecule has 0 saturated carbocycles. The van der Waals surface area contributed by atoms with Gasteiger partial charge in [-0.05, 0) is 63.2 Å². The highest BCUT2D eigenvalue weighted by Gasteiger charge is 2.14. The minimum Gasteiger partial charge on any atom is -0.439 e. The molecular weight excluding hydrogens is 446 g/mol. The summed E-state index contributed by atoms with van der Waals surface area (Å²) in [6.07, 6.45) is 0. The Kier molecular flexibility index (Phi) is 5.58. The first-order chi connectivity index (χ1) is 16.9. The second kappa shape index (κ2) is 8.86. The van der Waals surface area contributed by atoms with E-state index in [-0.39, 0.29) is 5.56 Å². The van der Waals surface area contributed by atoms with Gasteiger partial charge >= 0.3 is 5.63 Å². The van der Waals surface area contributed by atoms with E-state index in [4.69, 9.17) is 9.15 Å². The van der Waals surface area contributed by atoms with E-state index < -0.39 is 11.5 Å². The molecule has 0 atom stereocenters. The molecule has 0 aliphatic rings. The van der Waals surface area contributed by atoms with Gasteiger partial charge in [0.15, 0.2) is 5.82 Å². The third kappa shape index (κ3) is 4.65. The number of benzene rings is 2. The van der Waals surface area contributed by atoms with Crippen molar-refractivity contribution in [3.8, 4) is 17.4 Å². The van der Waals surface area contributed by atoms with E-state index in [1.54, 1.807) is 60.1 Å². The van der Waals surface area contributed by atoms with Crippen molar-refractivity contribution in [2.24, 2.45) is 0 Å². The number of fused-ring (bicyclic) bond motifs is 1. The largest absolute Gasteiger partial charge is 0.439 e. The molecule has 35 heavy (non-hydrogen) atoms. The number of carbonyl (C=O) groups is 1. The number of ether oxygens (including phenoxy) is 1. The number of carbonyl (C=O) groups excluding carboxylic acids is 1. The van der Waals surface area contributed by atoms with Crippen LogP contribution < -0.4 is 15.7 Å². The minimum absolute atomic E-state index is 0.0721. The summed E-state index contributed by atoms with van der Waals surface area (Å²) in [6, 6.07) is 18.9. The molecule has 0 aliphatic carbocycles. The van der Waals surface area contributed by atoms with Gasteiger partial charge in [0.05, 0.1) is 5.69 Å². The first-order valence-electron chi connectivity index (χ1n) is 10.9. The Labute approximate surface area is 200 Å². The highest BCUT2D eigenvalue weighted by molar-refractivity contribution is 6.05. The fourth-order valence-corrected chi connectivity index (χ4v) is 3.69. The van der Waals surface area contributed by atoms with Crippen LogP contribution in [0.3, 0.4) is 0 Å². The highest BCUT2D eigenvalue weighted by atomic mass is 16.5. The van der Waals surface area contributed by atoms with Crippen molar-refractivity contribution >= 4 is 22.6 Å². The molecule has 2 aromatic carbocycles. The standard InChI is InChI=1S/C26H21N5O4/c1-15-12-16(2)31(30-15)23-14-24(28-17(3)27-23)34-20-10-8-19(9-11-20)29-25(32)21-13-18-6-4-5-7-22(18)35-26(21)33/h4-14H,1-3H3,(H,29,32). The maximum atomic E-state index is 12.7. The second-order valence-corrected chi connectivity index (χ2v) is 8.02. The molecule has 3 heterocycles. The molecule has 0 fully saturated rings. The Balaban J connectivity index is 1.33. The van der Waals surface area contributed by atoms with Crippen LogP contribution in [-0.4, -0.2) is 25.7 Å². The topological polar surface area (TPSA) is 112 Å². The van der Waals surface area contributed by atoms with E-state index in [1.807, 2.05) is 26.0 Å². The lowest BCUT2D eigenvalue weighted by atomic mass is 10.1. The zero-order valence-corrected chi connectivity index (χ0v) is 19.3. The van der Waals surface area contributed by atoms with Crippen molar-refractivity contribution < 1.29 is 13.9 Å². The first-order valence-corrected chi connectivity index (χ1v) is 10.9. The van der Waals surface area contributed by atoms with Crippen LogP contribution in [0.5, 0.6) is 11.6 Å². The molecule has 0 aliphatic heterocycles. The van der Waals surface area contributed by atoms with Gasteiger partial charge in [0.1, 0.15) is 22.7 Å². The van der Waals surface area contributed by atoms with Crippen molar-refractivity contribution in [3.63, 3.8) is 0 Å². The number of anilines is 1. The molecule has 3 aromatic heterocycles. The van der Waals surface area contributed by atoms with E-state index >= 15 is 0 Å². The van der Waals surface area contributed by atoms with Crippen LogP contribution >= 0.6 is 0 Å². The number of para-hydroxylation sites is 1. The van der Waals surface area contributed by atoms with Crippen LogP contribution in [0.4, 0.5) is 5.69 Å². The van der Waals surface area contributed by atoms with Gasteiger partial charge in [-0.2, -0.15) is 10.1 Å². The van der Waals surface area contributed by atoms with Crippen molar-refractivity contribution in [1.82, 2.24) is 19.7 Å². The highest BCUT2D eigenvalue weighted by Crippen LogP contribution is 2.24. The molecule has 1 amide bonds.